The molecule has 2 aromatic rings. The van der Waals surface area contributed by atoms with Crippen molar-refractivity contribution in [3.63, 3.8) is 0 Å². The van der Waals surface area contributed by atoms with Crippen molar-refractivity contribution in [2.45, 2.75) is 39.8 Å². The second kappa shape index (κ2) is 8.12. The Labute approximate surface area is 171 Å². The molecule has 0 saturated carbocycles. The highest BCUT2D eigenvalue weighted by Gasteiger charge is 2.27. The number of nitrogens with one attached hydrogen (secondary N) is 1. The first-order valence-corrected chi connectivity index (χ1v) is 10.4. The van der Waals surface area contributed by atoms with Crippen molar-refractivity contribution in [3.8, 4) is 0 Å². The number of carbonyl (C=O) groups is 2. The van der Waals surface area contributed by atoms with Crippen LogP contribution in [0.5, 0.6) is 0 Å². The van der Waals surface area contributed by atoms with Crippen LogP contribution in [0.4, 0.5) is 10.5 Å². The van der Waals surface area contributed by atoms with E-state index in [4.69, 9.17) is 0 Å². The molecule has 29 heavy (non-hydrogen) atoms. The topological polar surface area (TPSA) is 73.2 Å². The lowest BCUT2D eigenvalue weighted by atomic mass is 10.1. The number of nitrogens with zero attached hydrogens (tertiary/aromatic N) is 5. The van der Waals surface area contributed by atoms with Crippen molar-refractivity contribution in [2.24, 2.45) is 5.92 Å². The Bertz CT molecular complexity index is 908. The molecule has 0 unspecified atom stereocenters. The highest BCUT2D eigenvalue weighted by molar-refractivity contribution is 6.07. The molecular formula is C21H30N6O2. The van der Waals surface area contributed by atoms with Gasteiger partial charge in [0.2, 0.25) is 5.91 Å². The van der Waals surface area contributed by atoms with Crippen molar-refractivity contribution in [1.29, 1.82) is 0 Å². The van der Waals surface area contributed by atoms with E-state index >= 15 is 0 Å². The van der Waals surface area contributed by atoms with E-state index in [2.05, 4.69) is 53.1 Å². The van der Waals surface area contributed by atoms with Gasteiger partial charge in [0, 0.05) is 57.9 Å². The van der Waals surface area contributed by atoms with Gasteiger partial charge in [0.1, 0.15) is 0 Å². The Morgan fingerprint density at radius 3 is 2.79 bits per heavy atom. The van der Waals surface area contributed by atoms with Crippen LogP contribution < -0.4 is 10.2 Å². The molecule has 1 N–H and O–H groups in total. The number of anilines is 1. The summed E-state index contributed by atoms with van der Waals surface area (Å²) < 4.78 is 1.78. The number of hydrogen-bond donors (Lipinski definition) is 1. The van der Waals surface area contributed by atoms with E-state index in [0.717, 1.165) is 43.9 Å². The zero-order chi connectivity index (χ0) is 20.5. The average molecular weight is 399 g/mol. The smallest absolute Gasteiger partial charge is 0.298 e. The number of urea groups is 1. The fraction of sp³-hybridized carbons (Fsp3) is 0.571. The number of hydrogen-bond acceptors (Lipinski definition) is 5. The molecule has 2 aliphatic rings. The van der Waals surface area contributed by atoms with E-state index in [1.165, 1.54) is 5.56 Å². The van der Waals surface area contributed by atoms with Gasteiger partial charge in [-0.05, 0) is 30.5 Å². The highest BCUT2D eigenvalue weighted by Crippen LogP contribution is 2.25. The van der Waals surface area contributed by atoms with E-state index in [-0.39, 0.29) is 11.9 Å². The molecule has 0 spiro atoms. The molecule has 4 rings (SSSR count). The molecule has 2 aromatic heterocycles. The largest absolute Gasteiger partial charge is 0.328 e. The van der Waals surface area contributed by atoms with Crippen LogP contribution in [-0.4, -0.2) is 70.1 Å². The second-order valence-corrected chi connectivity index (χ2v) is 8.62. The summed E-state index contributed by atoms with van der Waals surface area (Å²) in [6.07, 6.45) is 3.95. The lowest BCUT2D eigenvalue weighted by molar-refractivity contribution is -0.120. The van der Waals surface area contributed by atoms with E-state index in [9.17, 15) is 9.59 Å². The Balaban J connectivity index is 1.48. The molecule has 8 nitrogen and oxygen atoms in total. The van der Waals surface area contributed by atoms with E-state index < -0.39 is 0 Å². The number of rotatable bonds is 5. The minimum atomic E-state index is -0.378. The van der Waals surface area contributed by atoms with Crippen LogP contribution in [0, 0.1) is 5.92 Å². The molecule has 1 atom stereocenters. The third-order valence-electron chi connectivity index (χ3n) is 5.77. The number of piperazine rings is 1. The predicted molar refractivity (Wildman–Crippen MR) is 112 cm³/mol. The van der Waals surface area contributed by atoms with Gasteiger partial charge in [-0.2, -0.15) is 5.10 Å². The minimum Gasteiger partial charge on any atom is -0.298 e. The van der Waals surface area contributed by atoms with Gasteiger partial charge in [-0.15, -0.1) is 0 Å². The van der Waals surface area contributed by atoms with Crippen LogP contribution in [0.2, 0.25) is 0 Å². The third-order valence-corrected chi connectivity index (χ3v) is 5.77. The van der Waals surface area contributed by atoms with Gasteiger partial charge in [-0.25, -0.2) is 9.31 Å². The van der Waals surface area contributed by atoms with Gasteiger partial charge in [0.25, 0.3) is 0 Å². The fourth-order valence-corrected chi connectivity index (χ4v) is 4.32. The standard InChI is InChI=1S/C21H30N6O2/c1-15(2)12-25-9-8-24(13-16(25)3)14-17-4-7-27-18(10-17)19(11-22-27)26-6-5-20(28)23-21(26)29/h4,7,10-11,15-16H,5-6,8-9,12-14H2,1-3H3,(H,23,28,29)/t16-/m1/s1. The van der Waals surface area contributed by atoms with E-state index in [0.29, 0.717) is 24.9 Å². The summed E-state index contributed by atoms with van der Waals surface area (Å²) in [5.41, 5.74) is 2.84. The first-order valence-electron chi connectivity index (χ1n) is 10.4. The van der Waals surface area contributed by atoms with Crippen LogP contribution in [0.25, 0.3) is 5.52 Å². The maximum absolute atomic E-state index is 12.2. The van der Waals surface area contributed by atoms with E-state index in [1.807, 2.05) is 6.20 Å². The van der Waals surface area contributed by atoms with Crippen LogP contribution in [0.15, 0.2) is 24.5 Å². The number of amides is 3. The summed E-state index contributed by atoms with van der Waals surface area (Å²) in [5, 5.41) is 6.76. The maximum Gasteiger partial charge on any atom is 0.328 e. The van der Waals surface area contributed by atoms with Gasteiger partial charge in [-0.3, -0.25) is 24.8 Å². The van der Waals surface area contributed by atoms with Crippen LogP contribution in [0.1, 0.15) is 32.8 Å². The fourth-order valence-electron chi connectivity index (χ4n) is 4.32. The molecule has 0 aliphatic carbocycles. The Morgan fingerprint density at radius 1 is 1.24 bits per heavy atom. The number of fused-ring (bicyclic) bond motifs is 1. The SMILES string of the molecule is CC(C)CN1CCN(Cc2ccn3ncc(N4CCC(=O)NC4=O)c3c2)C[C@H]1C. The molecule has 4 heterocycles. The van der Waals surface area contributed by atoms with Gasteiger partial charge in [-0.1, -0.05) is 13.8 Å². The molecule has 0 radical (unpaired) electrons. The van der Waals surface area contributed by atoms with Crippen LogP contribution in [-0.2, 0) is 11.3 Å². The second-order valence-electron chi connectivity index (χ2n) is 8.62. The van der Waals surface area contributed by atoms with Gasteiger partial charge >= 0.3 is 6.03 Å². The molecule has 0 aromatic carbocycles. The molecule has 2 fully saturated rings. The Hall–Kier alpha value is -2.45. The zero-order valence-corrected chi connectivity index (χ0v) is 17.5. The number of imide groups is 1. The zero-order valence-electron chi connectivity index (χ0n) is 17.5. The van der Waals surface area contributed by atoms with E-state index in [1.54, 1.807) is 15.6 Å². The summed E-state index contributed by atoms with van der Waals surface area (Å²) in [6.45, 7) is 12.5. The third kappa shape index (κ3) is 4.28. The summed E-state index contributed by atoms with van der Waals surface area (Å²) in [5.74, 6) is 0.461. The average Bonchev–Trinajstić information content (AvgIpc) is 3.07. The molecule has 156 valence electrons. The van der Waals surface area contributed by atoms with Crippen LogP contribution >= 0.6 is 0 Å². The summed E-state index contributed by atoms with van der Waals surface area (Å²) in [7, 11) is 0. The molecule has 2 saturated heterocycles. The van der Waals surface area contributed by atoms with Crippen molar-refractivity contribution in [3.05, 3.63) is 30.1 Å². The predicted octanol–water partition coefficient (Wildman–Crippen LogP) is 1.94. The first-order chi connectivity index (χ1) is 13.9. The van der Waals surface area contributed by atoms with Gasteiger partial charge in [0.05, 0.1) is 17.4 Å². The molecular weight excluding hydrogens is 368 g/mol. The minimum absolute atomic E-state index is 0.228. The van der Waals surface area contributed by atoms with Crippen molar-refractivity contribution in [2.75, 3.05) is 37.6 Å². The maximum atomic E-state index is 12.2. The quantitative estimate of drug-likeness (QED) is 0.833. The number of aromatic nitrogens is 2. The Kier molecular flexibility index (Phi) is 5.56. The van der Waals surface area contributed by atoms with Crippen molar-refractivity contribution >= 4 is 23.1 Å². The first kappa shape index (κ1) is 19.8. The molecule has 2 aliphatic heterocycles. The number of carbonyl (C=O) groups excluding carboxylic acids is 2. The van der Waals surface area contributed by atoms with Crippen molar-refractivity contribution < 1.29 is 9.59 Å². The van der Waals surface area contributed by atoms with Gasteiger partial charge < -0.3 is 0 Å². The van der Waals surface area contributed by atoms with Crippen molar-refractivity contribution in [1.82, 2.24) is 24.7 Å². The summed E-state index contributed by atoms with van der Waals surface area (Å²) in [6, 6.07) is 4.37. The monoisotopic (exact) mass is 398 g/mol. The number of pyridine rings is 1. The normalized spacial score (nSPS) is 21.9. The molecule has 0 bridgehead atoms. The summed E-state index contributed by atoms with van der Waals surface area (Å²) in [4.78, 5) is 30.4. The Morgan fingerprint density at radius 2 is 2.07 bits per heavy atom. The highest BCUT2D eigenvalue weighted by atomic mass is 16.2. The van der Waals surface area contributed by atoms with Gasteiger partial charge in [0.15, 0.2) is 0 Å². The molecule has 3 amide bonds. The molecule has 8 heteroatoms. The summed E-state index contributed by atoms with van der Waals surface area (Å²) >= 11 is 0. The lowest BCUT2D eigenvalue weighted by Crippen LogP contribution is -2.52. The lowest BCUT2D eigenvalue weighted by Gasteiger charge is -2.40. The van der Waals surface area contributed by atoms with Crippen LogP contribution in [0.3, 0.4) is 0 Å².